The van der Waals surface area contributed by atoms with Crippen molar-refractivity contribution in [3.8, 4) is 5.69 Å². The molecule has 2 heterocycles. The van der Waals surface area contributed by atoms with E-state index >= 15 is 0 Å². The SMILES string of the molecule is Cc1ccc(-n2c(SCC(=O)Nc3c(F)cccc3F)nc3sc4c(c3c2=O)CCC4)c(C)c1. The van der Waals surface area contributed by atoms with Crippen molar-refractivity contribution in [2.24, 2.45) is 0 Å². The molecule has 0 fully saturated rings. The highest BCUT2D eigenvalue weighted by molar-refractivity contribution is 7.99. The number of hydrogen-bond acceptors (Lipinski definition) is 5. The van der Waals surface area contributed by atoms with E-state index in [1.807, 2.05) is 32.0 Å². The van der Waals surface area contributed by atoms with Crippen LogP contribution in [0.2, 0.25) is 0 Å². The maximum absolute atomic E-state index is 13.9. The molecule has 0 aliphatic heterocycles. The largest absolute Gasteiger partial charge is 0.320 e. The number of para-hydroxylation sites is 1. The molecule has 0 spiro atoms. The lowest BCUT2D eigenvalue weighted by Crippen LogP contribution is -2.24. The lowest BCUT2D eigenvalue weighted by Gasteiger charge is -2.15. The average molecular weight is 498 g/mol. The number of nitrogens with zero attached hydrogens (tertiary/aromatic N) is 2. The Bertz CT molecular complexity index is 1490. The second kappa shape index (κ2) is 8.96. The molecule has 5 rings (SSSR count). The highest BCUT2D eigenvalue weighted by Crippen LogP contribution is 2.36. The molecular formula is C25H21F2N3O2S2. The van der Waals surface area contributed by atoms with E-state index in [-0.39, 0.29) is 11.3 Å². The summed E-state index contributed by atoms with van der Waals surface area (Å²) in [4.78, 5) is 32.9. The summed E-state index contributed by atoms with van der Waals surface area (Å²) in [5, 5.41) is 3.31. The van der Waals surface area contributed by atoms with Crippen LogP contribution in [0.4, 0.5) is 14.5 Å². The minimum absolute atomic E-state index is 0.153. The van der Waals surface area contributed by atoms with Crippen molar-refractivity contribution in [3.05, 3.63) is 80.0 Å². The van der Waals surface area contributed by atoms with E-state index in [4.69, 9.17) is 4.98 Å². The van der Waals surface area contributed by atoms with Gasteiger partial charge in [0, 0.05) is 4.88 Å². The van der Waals surface area contributed by atoms with E-state index in [9.17, 15) is 18.4 Å². The Balaban J connectivity index is 1.55. The highest BCUT2D eigenvalue weighted by atomic mass is 32.2. The van der Waals surface area contributed by atoms with Gasteiger partial charge in [-0.3, -0.25) is 14.2 Å². The van der Waals surface area contributed by atoms with Gasteiger partial charge < -0.3 is 5.32 Å². The summed E-state index contributed by atoms with van der Waals surface area (Å²) < 4.78 is 29.4. The van der Waals surface area contributed by atoms with Gasteiger partial charge in [0.15, 0.2) is 5.16 Å². The van der Waals surface area contributed by atoms with Crippen molar-refractivity contribution in [3.63, 3.8) is 0 Å². The van der Waals surface area contributed by atoms with Crippen LogP contribution in [0.25, 0.3) is 15.9 Å². The summed E-state index contributed by atoms with van der Waals surface area (Å²) in [7, 11) is 0. The van der Waals surface area contributed by atoms with Gasteiger partial charge >= 0.3 is 0 Å². The topological polar surface area (TPSA) is 64.0 Å². The van der Waals surface area contributed by atoms with E-state index in [0.29, 0.717) is 21.1 Å². The van der Waals surface area contributed by atoms with Gasteiger partial charge in [-0.2, -0.15) is 0 Å². The van der Waals surface area contributed by atoms with Crippen LogP contribution in [0.3, 0.4) is 0 Å². The Morgan fingerprint density at radius 2 is 1.94 bits per heavy atom. The summed E-state index contributed by atoms with van der Waals surface area (Å²) in [6.45, 7) is 3.91. The van der Waals surface area contributed by atoms with Crippen molar-refractivity contribution in [2.45, 2.75) is 38.3 Å². The zero-order valence-corrected chi connectivity index (χ0v) is 20.2. The zero-order chi connectivity index (χ0) is 24.0. The Labute approximate surface area is 202 Å². The minimum Gasteiger partial charge on any atom is -0.320 e. The van der Waals surface area contributed by atoms with Crippen molar-refractivity contribution in [2.75, 3.05) is 11.1 Å². The molecule has 9 heteroatoms. The van der Waals surface area contributed by atoms with E-state index in [1.165, 1.54) is 22.3 Å². The Kier molecular flexibility index (Phi) is 5.99. The Hall–Kier alpha value is -3.04. The molecule has 0 saturated carbocycles. The first-order valence-electron chi connectivity index (χ1n) is 10.8. The average Bonchev–Trinajstić information content (AvgIpc) is 3.37. The van der Waals surface area contributed by atoms with Crippen LogP contribution in [-0.2, 0) is 17.6 Å². The fourth-order valence-electron chi connectivity index (χ4n) is 4.31. The summed E-state index contributed by atoms with van der Waals surface area (Å²) in [5.74, 6) is -2.46. The summed E-state index contributed by atoms with van der Waals surface area (Å²) in [6, 6.07) is 9.19. The van der Waals surface area contributed by atoms with Crippen molar-refractivity contribution < 1.29 is 13.6 Å². The number of aromatic nitrogens is 2. The lowest BCUT2D eigenvalue weighted by molar-refractivity contribution is -0.113. The van der Waals surface area contributed by atoms with Crippen molar-refractivity contribution in [1.82, 2.24) is 9.55 Å². The van der Waals surface area contributed by atoms with Gasteiger partial charge in [-0.15, -0.1) is 11.3 Å². The van der Waals surface area contributed by atoms with Gasteiger partial charge in [0.25, 0.3) is 5.56 Å². The number of aryl methyl sites for hydroxylation is 4. The van der Waals surface area contributed by atoms with Crippen LogP contribution in [0, 0.1) is 25.5 Å². The zero-order valence-electron chi connectivity index (χ0n) is 18.6. The Morgan fingerprint density at radius 3 is 2.68 bits per heavy atom. The van der Waals surface area contributed by atoms with Gasteiger partial charge in [-0.05, 0) is 62.4 Å². The molecule has 0 bridgehead atoms. The number of thiophene rings is 1. The number of anilines is 1. The van der Waals surface area contributed by atoms with E-state index < -0.39 is 23.2 Å². The molecule has 34 heavy (non-hydrogen) atoms. The first-order valence-corrected chi connectivity index (χ1v) is 12.7. The number of carbonyl (C=O) groups is 1. The quantitative estimate of drug-likeness (QED) is 0.290. The molecule has 1 aliphatic carbocycles. The third kappa shape index (κ3) is 4.03. The predicted molar refractivity (Wildman–Crippen MR) is 132 cm³/mol. The van der Waals surface area contributed by atoms with Crippen LogP contribution in [0.15, 0.2) is 46.3 Å². The standard InChI is InChI=1S/C25H21F2N3O2S2/c1-13-9-10-18(14(2)11-13)30-24(32)21-15-5-3-8-19(15)34-23(21)29-25(30)33-12-20(31)28-22-16(26)6-4-7-17(22)27/h4,6-7,9-11H,3,5,8,12H2,1-2H3,(H,28,31). The Morgan fingerprint density at radius 1 is 1.18 bits per heavy atom. The molecule has 174 valence electrons. The number of fused-ring (bicyclic) bond motifs is 3. The second-order valence-electron chi connectivity index (χ2n) is 8.30. The molecule has 1 aliphatic rings. The van der Waals surface area contributed by atoms with Crippen molar-refractivity contribution in [1.29, 1.82) is 0 Å². The van der Waals surface area contributed by atoms with E-state index in [0.717, 1.165) is 59.8 Å². The number of carbonyl (C=O) groups excluding carboxylic acids is 1. The predicted octanol–water partition coefficient (Wildman–Crippen LogP) is 5.56. The molecule has 2 aromatic heterocycles. The number of halogens is 2. The minimum atomic E-state index is -0.849. The molecule has 5 nitrogen and oxygen atoms in total. The monoisotopic (exact) mass is 497 g/mol. The molecule has 0 unspecified atom stereocenters. The number of benzene rings is 2. The molecule has 2 aromatic carbocycles. The van der Waals surface area contributed by atoms with Crippen molar-refractivity contribution >= 4 is 44.9 Å². The number of hydrogen-bond donors (Lipinski definition) is 1. The highest BCUT2D eigenvalue weighted by Gasteiger charge is 2.25. The first-order chi connectivity index (χ1) is 16.3. The number of thioether (sulfide) groups is 1. The smallest absolute Gasteiger partial charge is 0.267 e. The second-order valence-corrected chi connectivity index (χ2v) is 10.3. The van der Waals surface area contributed by atoms with Crippen LogP contribution in [-0.4, -0.2) is 21.2 Å². The first kappa shape index (κ1) is 22.7. The van der Waals surface area contributed by atoms with E-state index in [2.05, 4.69) is 5.32 Å². The molecule has 4 aromatic rings. The molecule has 1 N–H and O–H groups in total. The van der Waals surface area contributed by atoms with Crippen LogP contribution >= 0.6 is 23.1 Å². The number of amides is 1. The van der Waals surface area contributed by atoms with Gasteiger partial charge in [0.1, 0.15) is 22.2 Å². The third-order valence-electron chi connectivity index (χ3n) is 5.86. The maximum Gasteiger partial charge on any atom is 0.267 e. The maximum atomic E-state index is 13.9. The summed E-state index contributed by atoms with van der Waals surface area (Å²) in [5.41, 5.74) is 3.12. The van der Waals surface area contributed by atoms with Crippen LogP contribution in [0.5, 0.6) is 0 Å². The lowest BCUT2D eigenvalue weighted by atomic mass is 10.1. The normalized spacial score (nSPS) is 12.8. The fraction of sp³-hybridized carbons (Fsp3) is 0.240. The molecule has 0 saturated heterocycles. The molecule has 0 radical (unpaired) electrons. The number of nitrogens with one attached hydrogen (secondary N) is 1. The van der Waals surface area contributed by atoms with Gasteiger partial charge in [0.05, 0.1) is 16.8 Å². The van der Waals surface area contributed by atoms with Gasteiger partial charge in [0.2, 0.25) is 5.91 Å². The fourth-order valence-corrected chi connectivity index (χ4v) is 6.42. The van der Waals surface area contributed by atoms with Gasteiger partial charge in [-0.25, -0.2) is 13.8 Å². The molecular weight excluding hydrogens is 476 g/mol. The summed E-state index contributed by atoms with van der Waals surface area (Å²) in [6.07, 6.45) is 2.84. The molecule has 1 amide bonds. The van der Waals surface area contributed by atoms with E-state index in [1.54, 1.807) is 4.57 Å². The molecule has 0 atom stereocenters. The van der Waals surface area contributed by atoms with Crippen LogP contribution < -0.4 is 10.9 Å². The number of rotatable bonds is 5. The third-order valence-corrected chi connectivity index (χ3v) is 7.99. The van der Waals surface area contributed by atoms with Gasteiger partial charge in [-0.1, -0.05) is 35.5 Å². The van der Waals surface area contributed by atoms with Crippen LogP contribution in [0.1, 0.15) is 28.0 Å². The summed E-state index contributed by atoms with van der Waals surface area (Å²) >= 11 is 2.59.